The number of nitrogens with one attached hydrogen (secondary N) is 1. The van der Waals surface area contributed by atoms with Gasteiger partial charge in [0, 0.05) is 7.05 Å². The number of aromatic nitrogens is 2. The monoisotopic (exact) mass is 307 g/mol. The van der Waals surface area contributed by atoms with Crippen LogP contribution in [-0.4, -0.2) is 16.3 Å². The van der Waals surface area contributed by atoms with E-state index in [0.29, 0.717) is 0 Å². The van der Waals surface area contributed by atoms with E-state index in [1.165, 1.54) is 11.1 Å². The number of hydrogen-bond acceptors (Lipinski definition) is 2. The van der Waals surface area contributed by atoms with E-state index in [9.17, 15) is 0 Å². The quantitative estimate of drug-likeness (QED) is 0.940. The summed E-state index contributed by atoms with van der Waals surface area (Å²) in [6.07, 6.45) is 1.84. The van der Waals surface area contributed by atoms with Crippen LogP contribution >= 0.6 is 15.9 Å². The van der Waals surface area contributed by atoms with Crippen molar-refractivity contribution in [2.45, 2.75) is 19.9 Å². The normalized spacial score (nSPS) is 12.7. The van der Waals surface area contributed by atoms with Gasteiger partial charge in [-0.1, -0.05) is 36.8 Å². The maximum Gasteiger partial charge on any atom is 0.0759 e. The largest absolute Gasteiger partial charge is 0.305 e. The van der Waals surface area contributed by atoms with Gasteiger partial charge in [-0.15, -0.1) is 0 Å². The van der Waals surface area contributed by atoms with E-state index in [1.54, 1.807) is 0 Å². The summed E-state index contributed by atoms with van der Waals surface area (Å²) in [4.78, 5) is 0. The molecule has 0 aliphatic rings. The number of rotatable bonds is 4. The molecule has 0 aliphatic heterocycles. The van der Waals surface area contributed by atoms with E-state index in [1.807, 2.05) is 17.9 Å². The minimum Gasteiger partial charge on any atom is -0.305 e. The fraction of sp³-hybridized carbons (Fsp3) is 0.357. The second-order valence-electron chi connectivity index (χ2n) is 4.40. The zero-order valence-electron chi connectivity index (χ0n) is 10.9. The Morgan fingerprint density at radius 1 is 1.33 bits per heavy atom. The lowest BCUT2D eigenvalue weighted by Crippen LogP contribution is -2.24. The molecule has 4 heteroatoms. The van der Waals surface area contributed by atoms with E-state index in [-0.39, 0.29) is 6.04 Å². The van der Waals surface area contributed by atoms with Gasteiger partial charge in [-0.2, -0.15) is 5.10 Å². The van der Waals surface area contributed by atoms with E-state index in [0.717, 1.165) is 16.7 Å². The molecular weight excluding hydrogens is 290 g/mol. The lowest BCUT2D eigenvalue weighted by atomic mass is 10.0. The highest BCUT2D eigenvalue weighted by Gasteiger charge is 2.19. The van der Waals surface area contributed by atoms with E-state index < -0.39 is 0 Å². The predicted octanol–water partition coefficient (Wildman–Crippen LogP) is 3.19. The number of nitrogens with zero attached hydrogens (tertiary/aromatic N) is 2. The van der Waals surface area contributed by atoms with Gasteiger partial charge in [0.25, 0.3) is 0 Å². The Hall–Kier alpha value is -1.13. The molecule has 2 aromatic rings. The van der Waals surface area contributed by atoms with Crippen LogP contribution in [0, 0.1) is 6.92 Å². The Bertz CT molecular complexity index is 497. The average molecular weight is 308 g/mol. The molecule has 1 aromatic carbocycles. The van der Waals surface area contributed by atoms with Crippen molar-refractivity contribution >= 4 is 15.9 Å². The predicted molar refractivity (Wildman–Crippen MR) is 77.6 cm³/mol. The van der Waals surface area contributed by atoms with Gasteiger partial charge in [0.1, 0.15) is 0 Å². The fourth-order valence-corrected chi connectivity index (χ4v) is 2.66. The fourth-order valence-electron chi connectivity index (χ4n) is 2.08. The summed E-state index contributed by atoms with van der Waals surface area (Å²) in [7, 11) is 1.97. The first kappa shape index (κ1) is 13.3. The van der Waals surface area contributed by atoms with Crippen LogP contribution in [0.4, 0.5) is 0 Å². The highest BCUT2D eigenvalue weighted by molar-refractivity contribution is 9.10. The number of hydrogen-bond donors (Lipinski definition) is 1. The van der Waals surface area contributed by atoms with Gasteiger partial charge in [0.15, 0.2) is 0 Å². The summed E-state index contributed by atoms with van der Waals surface area (Å²) >= 11 is 3.58. The van der Waals surface area contributed by atoms with Crippen LogP contribution in [0.25, 0.3) is 0 Å². The maximum atomic E-state index is 4.29. The van der Waals surface area contributed by atoms with Gasteiger partial charge in [-0.05, 0) is 35.0 Å². The lowest BCUT2D eigenvalue weighted by Gasteiger charge is -2.19. The van der Waals surface area contributed by atoms with E-state index >= 15 is 0 Å². The number of halogens is 1. The Labute approximate surface area is 116 Å². The Morgan fingerprint density at radius 2 is 2.00 bits per heavy atom. The molecule has 2 rings (SSSR count). The molecule has 0 saturated heterocycles. The summed E-state index contributed by atoms with van der Waals surface area (Å²) in [5.74, 6) is 0. The highest BCUT2D eigenvalue weighted by Crippen LogP contribution is 2.28. The first-order valence-corrected chi connectivity index (χ1v) is 6.90. The summed E-state index contributed by atoms with van der Waals surface area (Å²) in [6, 6.07) is 8.79. The maximum absolute atomic E-state index is 4.29. The zero-order valence-corrected chi connectivity index (χ0v) is 12.5. The standard InChI is InChI=1S/C14H18BrN3/c1-4-16-13(11-7-5-10(2)6-8-11)14-12(15)9-17-18(14)3/h5-9,13,16H,4H2,1-3H3. The van der Waals surface area contributed by atoms with Crippen molar-refractivity contribution in [3.8, 4) is 0 Å². The molecule has 0 bridgehead atoms. The molecule has 18 heavy (non-hydrogen) atoms. The van der Waals surface area contributed by atoms with Crippen LogP contribution in [-0.2, 0) is 7.05 Å². The molecule has 0 amide bonds. The molecule has 1 atom stereocenters. The van der Waals surface area contributed by atoms with Crippen LogP contribution in [0.5, 0.6) is 0 Å². The van der Waals surface area contributed by atoms with E-state index in [4.69, 9.17) is 0 Å². The first-order valence-electron chi connectivity index (χ1n) is 6.10. The van der Waals surface area contributed by atoms with Crippen molar-refractivity contribution in [2.75, 3.05) is 6.54 Å². The third kappa shape index (κ3) is 2.65. The van der Waals surface area contributed by atoms with Crippen LogP contribution < -0.4 is 5.32 Å². The third-order valence-electron chi connectivity index (χ3n) is 3.03. The van der Waals surface area contributed by atoms with Crippen LogP contribution in [0.1, 0.15) is 29.8 Å². The van der Waals surface area contributed by atoms with E-state index in [2.05, 4.69) is 64.5 Å². The smallest absolute Gasteiger partial charge is 0.0759 e. The molecule has 0 radical (unpaired) electrons. The molecule has 1 heterocycles. The van der Waals surface area contributed by atoms with Gasteiger partial charge in [-0.25, -0.2) is 0 Å². The summed E-state index contributed by atoms with van der Waals surface area (Å²) in [5, 5.41) is 7.80. The average Bonchev–Trinajstić information content (AvgIpc) is 2.68. The van der Waals surface area contributed by atoms with Crippen molar-refractivity contribution in [1.82, 2.24) is 15.1 Å². The second-order valence-corrected chi connectivity index (χ2v) is 5.26. The topological polar surface area (TPSA) is 29.9 Å². The van der Waals surface area contributed by atoms with Gasteiger partial charge >= 0.3 is 0 Å². The molecule has 96 valence electrons. The molecule has 0 saturated carbocycles. The summed E-state index contributed by atoms with van der Waals surface area (Å²) < 4.78 is 2.95. The molecule has 1 unspecified atom stereocenters. The summed E-state index contributed by atoms with van der Waals surface area (Å²) in [5.41, 5.74) is 3.69. The summed E-state index contributed by atoms with van der Waals surface area (Å²) in [6.45, 7) is 5.13. The lowest BCUT2D eigenvalue weighted by molar-refractivity contribution is 0.571. The van der Waals surface area contributed by atoms with Gasteiger partial charge in [-0.3, -0.25) is 4.68 Å². The van der Waals surface area contributed by atoms with Crippen molar-refractivity contribution in [2.24, 2.45) is 7.05 Å². The van der Waals surface area contributed by atoms with Crippen molar-refractivity contribution in [3.05, 3.63) is 51.8 Å². The molecule has 0 aliphatic carbocycles. The highest BCUT2D eigenvalue weighted by atomic mass is 79.9. The molecule has 1 aromatic heterocycles. The van der Waals surface area contributed by atoms with Crippen molar-refractivity contribution in [1.29, 1.82) is 0 Å². The molecule has 0 fully saturated rings. The van der Waals surface area contributed by atoms with Gasteiger partial charge in [0.05, 0.1) is 22.4 Å². The van der Waals surface area contributed by atoms with Crippen LogP contribution in [0.3, 0.4) is 0 Å². The Kier molecular flexibility index (Phi) is 4.19. The third-order valence-corrected chi connectivity index (χ3v) is 3.64. The Morgan fingerprint density at radius 3 is 2.50 bits per heavy atom. The number of aryl methyl sites for hydroxylation is 2. The SMILES string of the molecule is CCNC(c1ccc(C)cc1)c1c(Br)cnn1C. The van der Waals surface area contributed by atoms with Crippen molar-refractivity contribution in [3.63, 3.8) is 0 Å². The Balaban J connectivity index is 2.43. The minimum atomic E-state index is 0.164. The van der Waals surface area contributed by atoms with Gasteiger partial charge < -0.3 is 5.32 Å². The first-order chi connectivity index (χ1) is 8.63. The number of benzene rings is 1. The molecule has 1 N–H and O–H groups in total. The molecule has 3 nitrogen and oxygen atoms in total. The van der Waals surface area contributed by atoms with Gasteiger partial charge in [0.2, 0.25) is 0 Å². The van der Waals surface area contributed by atoms with Crippen molar-refractivity contribution < 1.29 is 0 Å². The zero-order chi connectivity index (χ0) is 13.1. The second kappa shape index (κ2) is 5.67. The van der Waals surface area contributed by atoms with Crippen LogP contribution in [0.2, 0.25) is 0 Å². The van der Waals surface area contributed by atoms with Crippen LogP contribution in [0.15, 0.2) is 34.9 Å². The minimum absolute atomic E-state index is 0.164. The molecular formula is C14H18BrN3. The molecule has 0 spiro atoms.